The smallest absolute Gasteiger partial charge is 0.235 e. The van der Waals surface area contributed by atoms with Crippen molar-refractivity contribution in [2.45, 2.75) is 44.6 Å². The maximum atomic E-state index is 13.3. The lowest BCUT2D eigenvalue weighted by molar-refractivity contribution is -0.125. The number of carbonyl (C=O) groups is 1. The topological polar surface area (TPSA) is 47.6 Å². The van der Waals surface area contributed by atoms with Crippen LogP contribution in [-0.4, -0.2) is 25.2 Å². The number of ether oxygens (including phenoxy) is 2. The highest BCUT2D eigenvalue weighted by Gasteiger charge is 2.43. The van der Waals surface area contributed by atoms with Crippen molar-refractivity contribution in [2.75, 3.05) is 18.5 Å². The first-order chi connectivity index (χ1) is 13.4. The van der Waals surface area contributed by atoms with Crippen molar-refractivity contribution in [3.05, 3.63) is 58.1 Å². The maximum Gasteiger partial charge on any atom is 0.235 e. The third kappa shape index (κ3) is 4.62. The SMILES string of the molecule is CC[C@H](C)Oc1ccc(NC(=O)C2(c3ccc(Cl)cc3Cl)CCOCC2)cc1. The molecule has 1 aliphatic rings. The molecular formula is C22H25Cl2NO3. The highest BCUT2D eigenvalue weighted by atomic mass is 35.5. The van der Waals surface area contributed by atoms with Crippen LogP contribution in [0, 0.1) is 0 Å². The molecule has 1 N–H and O–H groups in total. The van der Waals surface area contributed by atoms with Gasteiger partial charge in [0, 0.05) is 28.9 Å². The lowest BCUT2D eigenvalue weighted by atomic mass is 9.73. The number of carbonyl (C=O) groups excluding carboxylic acids is 1. The van der Waals surface area contributed by atoms with Gasteiger partial charge in [-0.3, -0.25) is 4.79 Å². The molecular weight excluding hydrogens is 397 g/mol. The molecule has 0 unspecified atom stereocenters. The first kappa shape index (κ1) is 21.0. The van der Waals surface area contributed by atoms with E-state index in [-0.39, 0.29) is 12.0 Å². The Balaban J connectivity index is 1.82. The molecule has 3 rings (SSSR count). The summed E-state index contributed by atoms with van der Waals surface area (Å²) < 4.78 is 11.3. The Labute approximate surface area is 176 Å². The van der Waals surface area contributed by atoms with Gasteiger partial charge in [0.25, 0.3) is 0 Å². The van der Waals surface area contributed by atoms with Crippen LogP contribution in [0.2, 0.25) is 10.0 Å². The molecule has 0 aromatic heterocycles. The normalized spacial score (nSPS) is 17.0. The largest absolute Gasteiger partial charge is 0.491 e. The lowest BCUT2D eigenvalue weighted by Crippen LogP contribution is -2.45. The molecule has 6 heteroatoms. The van der Waals surface area contributed by atoms with Gasteiger partial charge in [0.2, 0.25) is 5.91 Å². The minimum atomic E-state index is -0.744. The fraction of sp³-hybridized carbons (Fsp3) is 0.409. The summed E-state index contributed by atoms with van der Waals surface area (Å²) >= 11 is 12.5. The minimum Gasteiger partial charge on any atom is -0.491 e. The van der Waals surface area contributed by atoms with E-state index in [2.05, 4.69) is 12.2 Å². The number of rotatable bonds is 6. The second-order valence-electron chi connectivity index (χ2n) is 7.13. The van der Waals surface area contributed by atoms with E-state index in [1.807, 2.05) is 37.3 Å². The molecule has 2 aromatic rings. The van der Waals surface area contributed by atoms with Crippen molar-refractivity contribution in [1.82, 2.24) is 0 Å². The van der Waals surface area contributed by atoms with Gasteiger partial charge in [-0.1, -0.05) is 36.2 Å². The van der Waals surface area contributed by atoms with E-state index in [0.29, 0.717) is 36.1 Å². The Morgan fingerprint density at radius 1 is 1.18 bits per heavy atom. The predicted molar refractivity (Wildman–Crippen MR) is 114 cm³/mol. The first-order valence-electron chi connectivity index (χ1n) is 9.56. The monoisotopic (exact) mass is 421 g/mol. The fourth-order valence-electron chi connectivity index (χ4n) is 3.40. The molecule has 1 heterocycles. The van der Waals surface area contributed by atoms with Crippen LogP contribution < -0.4 is 10.1 Å². The number of benzene rings is 2. The third-order valence-electron chi connectivity index (χ3n) is 5.25. The van der Waals surface area contributed by atoms with Gasteiger partial charge in [0.05, 0.1) is 11.5 Å². The van der Waals surface area contributed by atoms with Crippen LogP contribution in [0.15, 0.2) is 42.5 Å². The Kier molecular flexibility index (Phi) is 6.86. The van der Waals surface area contributed by atoms with Crippen molar-refractivity contribution >= 4 is 34.8 Å². The number of hydrogen-bond acceptors (Lipinski definition) is 3. The van der Waals surface area contributed by atoms with Crippen LogP contribution in [-0.2, 0) is 14.9 Å². The Bertz CT molecular complexity index is 817. The van der Waals surface area contributed by atoms with Crippen molar-refractivity contribution in [1.29, 1.82) is 0 Å². The highest BCUT2D eigenvalue weighted by molar-refractivity contribution is 6.35. The van der Waals surface area contributed by atoms with Gasteiger partial charge < -0.3 is 14.8 Å². The second-order valence-corrected chi connectivity index (χ2v) is 7.98. The van der Waals surface area contributed by atoms with E-state index < -0.39 is 5.41 Å². The zero-order valence-electron chi connectivity index (χ0n) is 16.1. The highest BCUT2D eigenvalue weighted by Crippen LogP contribution is 2.40. The maximum absolute atomic E-state index is 13.3. The van der Waals surface area contributed by atoms with Crippen LogP contribution in [0.3, 0.4) is 0 Å². The van der Waals surface area contributed by atoms with Gasteiger partial charge in [-0.25, -0.2) is 0 Å². The van der Waals surface area contributed by atoms with Gasteiger partial charge in [0.1, 0.15) is 5.75 Å². The molecule has 1 atom stereocenters. The molecule has 2 aromatic carbocycles. The number of anilines is 1. The summed E-state index contributed by atoms with van der Waals surface area (Å²) in [4.78, 5) is 13.3. The Morgan fingerprint density at radius 2 is 1.86 bits per heavy atom. The van der Waals surface area contributed by atoms with Crippen molar-refractivity contribution in [3.63, 3.8) is 0 Å². The van der Waals surface area contributed by atoms with E-state index in [0.717, 1.165) is 23.4 Å². The summed E-state index contributed by atoms with van der Waals surface area (Å²) in [5.41, 5.74) is 0.764. The summed E-state index contributed by atoms with van der Waals surface area (Å²) in [6, 6.07) is 12.7. The quantitative estimate of drug-likeness (QED) is 0.635. The molecule has 150 valence electrons. The van der Waals surface area contributed by atoms with Crippen LogP contribution in [0.4, 0.5) is 5.69 Å². The standard InChI is InChI=1S/C22H25Cl2NO3/c1-3-15(2)28-18-7-5-17(6-8-18)25-21(26)22(10-12-27-13-11-22)19-9-4-16(23)14-20(19)24/h4-9,14-15H,3,10-13H2,1-2H3,(H,25,26)/t15-/m0/s1. The van der Waals surface area contributed by atoms with Crippen LogP contribution in [0.25, 0.3) is 0 Å². The van der Waals surface area contributed by atoms with Gasteiger partial charge in [-0.05, 0) is 68.1 Å². The summed E-state index contributed by atoms with van der Waals surface area (Å²) in [5.74, 6) is 0.699. The molecule has 0 radical (unpaired) electrons. The Morgan fingerprint density at radius 3 is 2.46 bits per heavy atom. The van der Waals surface area contributed by atoms with E-state index in [4.69, 9.17) is 32.7 Å². The summed E-state index contributed by atoms with van der Waals surface area (Å²) in [7, 11) is 0. The molecule has 0 spiro atoms. The number of halogens is 2. The zero-order chi connectivity index (χ0) is 20.1. The molecule has 1 saturated heterocycles. The average molecular weight is 422 g/mol. The summed E-state index contributed by atoms with van der Waals surface area (Å²) in [5, 5.41) is 4.10. The van der Waals surface area contributed by atoms with Crippen molar-refractivity contribution in [3.8, 4) is 5.75 Å². The van der Waals surface area contributed by atoms with Crippen molar-refractivity contribution < 1.29 is 14.3 Å². The fourth-order valence-corrected chi connectivity index (χ4v) is 3.99. The number of amides is 1. The lowest BCUT2D eigenvalue weighted by Gasteiger charge is -2.36. The van der Waals surface area contributed by atoms with Crippen LogP contribution in [0.5, 0.6) is 5.75 Å². The molecule has 1 amide bonds. The molecule has 0 bridgehead atoms. The number of hydrogen-bond donors (Lipinski definition) is 1. The molecule has 4 nitrogen and oxygen atoms in total. The van der Waals surface area contributed by atoms with Gasteiger partial charge in [0.15, 0.2) is 0 Å². The Hall–Kier alpha value is -1.75. The summed E-state index contributed by atoms with van der Waals surface area (Å²) in [6.07, 6.45) is 2.22. The van der Waals surface area contributed by atoms with Crippen LogP contribution in [0.1, 0.15) is 38.7 Å². The molecule has 0 aliphatic carbocycles. The van der Waals surface area contributed by atoms with Gasteiger partial charge >= 0.3 is 0 Å². The van der Waals surface area contributed by atoms with E-state index in [1.165, 1.54) is 0 Å². The van der Waals surface area contributed by atoms with Crippen molar-refractivity contribution in [2.24, 2.45) is 0 Å². The molecule has 1 fully saturated rings. The van der Waals surface area contributed by atoms with E-state index >= 15 is 0 Å². The molecule has 28 heavy (non-hydrogen) atoms. The van der Waals surface area contributed by atoms with E-state index in [1.54, 1.807) is 12.1 Å². The number of nitrogens with one attached hydrogen (secondary N) is 1. The molecule has 0 saturated carbocycles. The average Bonchev–Trinajstić information content (AvgIpc) is 2.69. The predicted octanol–water partition coefficient (Wildman–Crippen LogP) is 5.86. The van der Waals surface area contributed by atoms with Crippen LogP contribution >= 0.6 is 23.2 Å². The van der Waals surface area contributed by atoms with Gasteiger partial charge in [-0.2, -0.15) is 0 Å². The van der Waals surface area contributed by atoms with E-state index in [9.17, 15) is 4.79 Å². The molecule has 1 aliphatic heterocycles. The minimum absolute atomic E-state index is 0.0874. The zero-order valence-corrected chi connectivity index (χ0v) is 17.6. The second kappa shape index (κ2) is 9.17. The van der Waals surface area contributed by atoms with Gasteiger partial charge in [-0.15, -0.1) is 0 Å². The summed E-state index contributed by atoms with van der Waals surface area (Å²) in [6.45, 7) is 5.12. The first-order valence-corrected chi connectivity index (χ1v) is 10.3. The third-order valence-corrected chi connectivity index (χ3v) is 5.80.